The largest absolute Gasteiger partial charge is 0.309 e. The molecule has 0 fully saturated rings. The van der Waals surface area contributed by atoms with Crippen molar-refractivity contribution in [2.24, 2.45) is 0 Å². The van der Waals surface area contributed by atoms with Crippen LogP contribution in [0.2, 0.25) is 0 Å². The van der Waals surface area contributed by atoms with E-state index in [2.05, 4.69) is 316 Å². The van der Waals surface area contributed by atoms with Crippen LogP contribution in [-0.4, -0.2) is 23.3 Å². The van der Waals surface area contributed by atoms with Gasteiger partial charge in [0.15, 0.2) is 0 Å². The fraction of sp³-hybridized carbons (Fsp3) is 0. The molecule has 17 aromatic rings. The molecule has 17 rings (SSSR count). The van der Waals surface area contributed by atoms with Gasteiger partial charge in [-0.05, 0) is 154 Å². The third-order valence-corrected chi connectivity index (χ3v) is 17.0. The Bertz CT molecular complexity index is 5090. The van der Waals surface area contributed by atoms with Crippen LogP contribution in [0.5, 0.6) is 0 Å². The lowest BCUT2D eigenvalue weighted by molar-refractivity contribution is 1.01. The fourth-order valence-electron chi connectivity index (χ4n) is 13.3. The molecule has 5 heterocycles. The summed E-state index contributed by atoms with van der Waals surface area (Å²) in [6, 6.07) is 108. The molecule has 0 aliphatic carbocycles. The Labute approximate surface area is 472 Å². The molecule has 5 heteroatoms. The topological polar surface area (TPSA) is 32.6 Å². The van der Waals surface area contributed by atoms with E-state index >= 15 is 0 Å². The van der Waals surface area contributed by atoms with Gasteiger partial charge in [0.05, 0.1) is 44.1 Å². The molecule has 0 unspecified atom stereocenters. The first-order valence-electron chi connectivity index (χ1n) is 28.1. The molecule has 0 saturated carbocycles. The zero-order chi connectivity index (χ0) is 53.8. The van der Waals surface area contributed by atoms with E-state index in [1.54, 1.807) is 0 Å². The lowest BCUT2D eigenvalue weighted by atomic mass is 9.95. The molecule has 0 amide bonds. The summed E-state index contributed by atoms with van der Waals surface area (Å²) in [5.74, 6) is 1.69. The van der Waals surface area contributed by atoms with Gasteiger partial charge in [-0.2, -0.15) is 0 Å². The van der Waals surface area contributed by atoms with Gasteiger partial charge in [0.2, 0.25) is 0 Å². The molecule has 5 nitrogen and oxygen atoms in total. The van der Waals surface area contributed by atoms with Crippen molar-refractivity contribution >= 4 is 87.2 Å². The zero-order valence-corrected chi connectivity index (χ0v) is 44.5. The van der Waals surface area contributed by atoms with Crippen molar-refractivity contribution in [1.29, 1.82) is 0 Å². The Morgan fingerprint density at radius 3 is 0.841 bits per heavy atom. The van der Waals surface area contributed by atoms with Crippen LogP contribution in [0, 0.1) is 0 Å². The maximum atomic E-state index is 5.81. The minimum Gasteiger partial charge on any atom is -0.309 e. The maximum Gasteiger partial charge on any atom is 0.140 e. The first kappa shape index (κ1) is 46.0. The van der Waals surface area contributed by atoms with Crippen LogP contribution in [0.15, 0.2) is 297 Å². The van der Waals surface area contributed by atoms with Crippen LogP contribution < -0.4 is 0 Å². The second-order valence-electron chi connectivity index (χ2n) is 21.5. The van der Waals surface area contributed by atoms with E-state index < -0.39 is 0 Å². The van der Waals surface area contributed by atoms with E-state index in [0.29, 0.717) is 0 Å². The minimum atomic E-state index is 0.843. The Balaban J connectivity index is 0.855. The Kier molecular flexibility index (Phi) is 10.2. The second kappa shape index (κ2) is 18.3. The molecular weight excluding hydrogens is 995 g/mol. The van der Waals surface area contributed by atoms with Crippen LogP contribution in [0.4, 0.5) is 0 Å². The van der Waals surface area contributed by atoms with E-state index in [1.807, 2.05) is 0 Å². The predicted octanol–water partition coefficient (Wildman–Crippen LogP) is 20.1. The summed E-state index contributed by atoms with van der Waals surface area (Å²) >= 11 is 0. The van der Waals surface area contributed by atoms with Crippen molar-refractivity contribution in [2.75, 3.05) is 0 Å². The molecule has 5 aromatic heterocycles. The molecule has 0 N–H and O–H groups in total. The normalized spacial score (nSPS) is 11.9. The number of para-hydroxylation sites is 6. The highest BCUT2D eigenvalue weighted by Gasteiger charge is 2.22. The summed E-state index contributed by atoms with van der Waals surface area (Å²) in [7, 11) is 0. The minimum absolute atomic E-state index is 0.843. The van der Waals surface area contributed by atoms with Crippen LogP contribution in [0.1, 0.15) is 0 Å². The number of fused-ring (bicyclic) bond motifs is 12. The maximum absolute atomic E-state index is 5.81. The van der Waals surface area contributed by atoms with E-state index in [4.69, 9.17) is 4.98 Å². The van der Waals surface area contributed by atoms with E-state index in [0.717, 1.165) is 78.5 Å². The zero-order valence-electron chi connectivity index (χ0n) is 44.5. The summed E-state index contributed by atoms with van der Waals surface area (Å²) in [4.78, 5) is 5.81. The van der Waals surface area contributed by atoms with Gasteiger partial charge in [0.25, 0.3) is 0 Å². The fourth-order valence-corrected chi connectivity index (χ4v) is 13.3. The molecule has 0 aliphatic heterocycles. The third kappa shape index (κ3) is 7.10. The summed E-state index contributed by atoms with van der Waals surface area (Å²) in [5.41, 5.74) is 20.7. The van der Waals surface area contributed by atoms with Crippen LogP contribution in [0.3, 0.4) is 0 Å². The van der Waals surface area contributed by atoms with Crippen LogP contribution >= 0.6 is 0 Å². The molecule has 0 radical (unpaired) electrons. The smallest absolute Gasteiger partial charge is 0.140 e. The standard InChI is InChI=1S/C77H49N5/c1-4-20-50(21-5-1)58-26-10-11-27-59(58)55-48-76(81-70-34-18-14-30-62(70)66-46-53(38-42-74(66)81)51-36-40-72-64(44-51)60-28-12-16-32-68(60)79(72)56-22-6-2-7-23-56)78-77(49-55)82-71-35-19-15-31-63(71)67-47-54(39-43-75(67)82)52-37-41-73-65(45-52)61-29-13-17-33-69(61)80(73)57-24-8-3-9-25-57/h1-49H. The van der Waals surface area contributed by atoms with Gasteiger partial charge < -0.3 is 9.13 Å². The van der Waals surface area contributed by atoms with Crippen LogP contribution in [0.25, 0.3) is 155 Å². The third-order valence-electron chi connectivity index (χ3n) is 17.0. The highest BCUT2D eigenvalue weighted by molar-refractivity contribution is 6.15. The van der Waals surface area contributed by atoms with Crippen LogP contribution in [-0.2, 0) is 0 Å². The van der Waals surface area contributed by atoms with Gasteiger partial charge in [-0.1, -0.05) is 188 Å². The van der Waals surface area contributed by atoms with Crippen molar-refractivity contribution < 1.29 is 0 Å². The highest BCUT2D eigenvalue weighted by atomic mass is 15.1. The van der Waals surface area contributed by atoms with E-state index in [-0.39, 0.29) is 0 Å². The lowest BCUT2D eigenvalue weighted by Crippen LogP contribution is -2.04. The number of nitrogens with zero attached hydrogens (tertiary/aromatic N) is 5. The molecule has 0 saturated heterocycles. The second-order valence-corrected chi connectivity index (χ2v) is 21.5. The lowest BCUT2D eigenvalue weighted by Gasteiger charge is -2.16. The van der Waals surface area contributed by atoms with E-state index in [9.17, 15) is 0 Å². The molecular formula is C77H49N5. The van der Waals surface area contributed by atoms with Gasteiger partial charge in [-0.15, -0.1) is 0 Å². The summed E-state index contributed by atoms with van der Waals surface area (Å²) in [6.07, 6.45) is 0. The number of benzene rings is 12. The quantitative estimate of drug-likeness (QED) is 0.149. The Morgan fingerprint density at radius 2 is 0.463 bits per heavy atom. The number of pyridine rings is 1. The SMILES string of the molecule is c1ccc(-c2ccccc2-c2cc(-n3c4ccccc4c4cc(-c5ccc6c(c5)c5ccccc5n6-c5ccccc5)ccc43)nc(-n3c4ccccc4c4cc(-c5ccc6c(c5)c5ccccc5n6-c5ccccc5)ccc43)c2)cc1. The van der Waals surface area contributed by atoms with Crippen molar-refractivity contribution in [3.8, 4) is 67.5 Å². The number of rotatable bonds is 8. The molecule has 82 heavy (non-hydrogen) atoms. The molecule has 0 atom stereocenters. The summed E-state index contributed by atoms with van der Waals surface area (Å²) in [6.45, 7) is 0. The van der Waals surface area contributed by atoms with Crippen molar-refractivity contribution in [3.05, 3.63) is 297 Å². The Hall–Kier alpha value is -11.0. The first-order valence-corrected chi connectivity index (χ1v) is 28.1. The van der Waals surface area contributed by atoms with Crippen molar-refractivity contribution in [3.63, 3.8) is 0 Å². The average molecular weight is 1040 g/mol. The van der Waals surface area contributed by atoms with Gasteiger partial charge in [-0.25, -0.2) is 4.98 Å². The Morgan fingerprint density at radius 1 is 0.183 bits per heavy atom. The number of aromatic nitrogens is 5. The average Bonchev–Trinajstić information content (AvgIpc) is 3.41. The highest BCUT2D eigenvalue weighted by Crippen LogP contribution is 2.43. The van der Waals surface area contributed by atoms with Gasteiger partial charge in [0.1, 0.15) is 11.6 Å². The van der Waals surface area contributed by atoms with E-state index in [1.165, 1.54) is 76.3 Å². The van der Waals surface area contributed by atoms with Gasteiger partial charge in [-0.3, -0.25) is 9.13 Å². The van der Waals surface area contributed by atoms with Gasteiger partial charge in [0, 0.05) is 54.5 Å². The molecule has 0 bridgehead atoms. The monoisotopic (exact) mass is 1040 g/mol. The summed E-state index contributed by atoms with van der Waals surface area (Å²) in [5, 5.41) is 9.63. The molecule has 382 valence electrons. The number of hydrogen-bond acceptors (Lipinski definition) is 1. The summed E-state index contributed by atoms with van der Waals surface area (Å²) < 4.78 is 9.51. The molecule has 0 aliphatic rings. The molecule has 12 aromatic carbocycles. The van der Waals surface area contributed by atoms with Crippen molar-refractivity contribution in [2.45, 2.75) is 0 Å². The van der Waals surface area contributed by atoms with Gasteiger partial charge >= 0.3 is 0 Å². The predicted molar refractivity (Wildman–Crippen MR) is 343 cm³/mol. The number of hydrogen-bond donors (Lipinski definition) is 0. The van der Waals surface area contributed by atoms with Crippen molar-refractivity contribution in [1.82, 2.24) is 23.3 Å². The first-order chi connectivity index (χ1) is 40.7. The molecule has 0 spiro atoms.